The Morgan fingerprint density at radius 2 is 1.82 bits per heavy atom. The number of fused-ring (bicyclic) bond motifs is 1. The highest BCUT2D eigenvalue weighted by molar-refractivity contribution is 7.11. The van der Waals surface area contributed by atoms with Crippen molar-refractivity contribution in [1.29, 1.82) is 0 Å². The van der Waals surface area contributed by atoms with Crippen LogP contribution in [0.4, 0.5) is 0 Å². The summed E-state index contributed by atoms with van der Waals surface area (Å²) in [5.74, 6) is 0.0966. The lowest BCUT2D eigenvalue weighted by molar-refractivity contribution is -0.138. The van der Waals surface area contributed by atoms with Crippen LogP contribution in [0.1, 0.15) is 21.8 Å². The summed E-state index contributed by atoms with van der Waals surface area (Å²) >= 11 is 1.48. The maximum absolute atomic E-state index is 13.3. The molecule has 2 amide bonds. The second kappa shape index (κ2) is 6.80. The van der Waals surface area contributed by atoms with Gasteiger partial charge in [-0.25, -0.2) is 0 Å². The van der Waals surface area contributed by atoms with Gasteiger partial charge in [0.25, 0.3) is 11.8 Å². The summed E-state index contributed by atoms with van der Waals surface area (Å²) in [5.41, 5.74) is 3.53. The van der Waals surface area contributed by atoms with E-state index < -0.39 is 0 Å². The van der Waals surface area contributed by atoms with E-state index >= 15 is 0 Å². The second-order valence-corrected chi connectivity index (χ2v) is 7.86. The Morgan fingerprint density at radius 1 is 0.964 bits per heavy atom. The Bertz CT molecular complexity index is 1070. The fourth-order valence-electron chi connectivity index (χ4n) is 3.89. The van der Waals surface area contributed by atoms with Crippen molar-refractivity contribution in [2.24, 2.45) is 0 Å². The highest BCUT2D eigenvalue weighted by Crippen LogP contribution is 2.36. The smallest absolute Gasteiger partial charge is 0.278 e. The van der Waals surface area contributed by atoms with Crippen LogP contribution in [-0.4, -0.2) is 28.2 Å². The van der Waals surface area contributed by atoms with E-state index in [1.54, 1.807) is 18.4 Å². The Kier molecular flexibility index (Phi) is 4.13. The summed E-state index contributed by atoms with van der Waals surface area (Å²) in [5, 5.41) is 1.93. The zero-order valence-corrected chi connectivity index (χ0v) is 15.9. The SMILES string of the molecule is O=C1C(c2cccs2)=C(N2CCc3ccccc3C2)C(=O)N1Cc1ccco1. The number of imide groups is 1. The topological polar surface area (TPSA) is 53.8 Å². The van der Waals surface area contributed by atoms with Crippen LogP contribution in [0.25, 0.3) is 5.57 Å². The van der Waals surface area contributed by atoms with Crippen LogP contribution in [0.5, 0.6) is 0 Å². The first kappa shape index (κ1) is 17.0. The maximum atomic E-state index is 13.3. The number of furan rings is 1. The van der Waals surface area contributed by atoms with Crippen molar-refractivity contribution in [1.82, 2.24) is 9.80 Å². The molecule has 5 nitrogen and oxygen atoms in total. The van der Waals surface area contributed by atoms with Crippen molar-refractivity contribution >= 4 is 28.7 Å². The third-order valence-electron chi connectivity index (χ3n) is 5.25. The van der Waals surface area contributed by atoms with Gasteiger partial charge in [0.15, 0.2) is 0 Å². The van der Waals surface area contributed by atoms with E-state index in [0.29, 0.717) is 23.6 Å². The molecule has 2 aliphatic rings. The van der Waals surface area contributed by atoms with Crippen molar-refractivity contribution in [2.45, 2.75) is 19.5 Å². The first-order valence-electron chi connectivity index (χ1n) is 9.21. The third-order valence-corrected chi connectivity index (χ3v) is 6.14. The van der Waals surface area contributed by atoms with E-state index in [1.165, 1.54) is 27.4 Å². The van der Waals surface area contributed by atoms with E-state index in [0.717, 1.165) is 17.8 Å². The van der Waals surface area contributed by atoms with Gasteiger partial charge in [-0.05, 0) is 41.1 Å². The molecule has 2 aromatic heterocycles. The van der Waals surface area contributed by atoms with Crippen LogP contribution in [0, 0.1) is 0 Å². The zero-order valence-electron chi connectivity index (χ0n) is 15.1. The second-order valence-electron chi connectivity index (χ2n) is 6.92. The first-order chi connectivity index (χ1) is 13.7. The highest BCUT2D eigenvalue weighted by Gasteiger charge is 2.42. The molecule has 0 N–H and O–H groups in total. The van der Waals surface area contributed by atoms with Crippen LogP contribution in [0.15, 0.2) is 70.3 Å². The van der Waals surface area contributed by atoms with Gasteiger partial charge in [0, 0.05) is 18.0 Å². The van der Waals surface area contributed by atoms with Crippen LogP contribution in [0.3, 0.4) is 0 Å². The van der Waals surface area contributed by atoms with Crippen LogP contribution >= 0.6 is 11.3 Å². The average molecular weight is 390 g/mol. The predicted octanol–water partition coefficient (Wildman–Crippen LogP) is 3.68. The molecule has 2 aliphatic heterocycles. The standard InChI is InChI=1S/C22H18N2O3S/c25-21-19(18-8-4-12-28-18)20(22(26)24(21)14-17-7-3-11-27-17)23-10-9-15-5-1-2-6-16(15)13-23/h1-8,11-12H,9-10,13-14H2. The molecule has 4 heterocycles. The van der Waals surface area contributed by atoms with Crippen molar-refractivity contribution in [3.05, 3.63) is 87.6 Å². The van der Waals surface area contributed by atoms with Gasteiger partial charge in [-0.1, -0.05) is 30.3 Å². The van der Waals surface area contributed by atoms with Crippen molar-refractivity contribution in [3.8, 4) is 0 Å². The predicted molar refractivity (Wildman–Crippen MR) is 106 cm³/mol. The Balaban J connectivity index is 1.54. The molecule has 1 aromatic carbocycles. The number of hydrogen-bond donors (Lipinski definition) is 0. The molecule has 3 aromatic rings. The van der Waals surface area contributed by atoms with Gasteiger partial charge < -0.3 is 9.32 Å². The van der Waals surface area contributed by atoms with Crippen LogP contribution in [0.2, 0.25) is 0 Å². The molecule has 0 unspecified atom stereocenters. The molecule has 0 fully saturated rings. The Hall–Kier alpha value is -3.12. The molecular formula is C22H18N2O3S. The minimum absolute atomic E-state index is 0.146. The molecule has 0 spiro atoms. The van der Waals surface area contributed by atoms with E-state index in [1.807, 2.05) is 29.6 Å². The van der Waals surface area contributed by atoms with Crippen LogP contribution < -0.4 is 0 Å². The summed E-state index contributed by atoms with van der Waals surface area (Å²) in [4.78, 5) is 30.7. The minimum Gasteiger partial charge on any atom is -0.467 e. The van der Waals surface area contributed by atoms with Crippen molar-refractivity contribution in [2.75, 3.05) is 6.54 Å². The molecule has 0 aliphatic carbocycles. The number of carbonyl (C=O) groups excluding carboxylic acids is 2. The third kappa shape index (κ3) is 2.77. The lowest BCUT2D eigenvalue weighted by Crippen LogP contribution is -2.37. The molecule has 0 bridgehead atoms. The fraction of sp³-hybridized carbons (Fsp3) is 0.182. The van der Waals surface area contributed by atoms with Gasteiger partial charge >= 0.3 is 0 Å². The normalized spacial score (nSPS) is 16.9. The van der Waals surface area contributed by atoms with E-state index in [2.05, 4.69) is 17.0 Å². The van der Waals surface area contributed by atoms with E-state index in [-0.39, 0.29) is 18.4 Å². The van der Waals surface area contributed by atoms with Crippen LogP contribution in [-0.2, 0) is 29.1 Å². The van der Waals surface area contributed by atoms with Crippen molar-refractivity contribution in [3.63, 3.8) is 0 Å². The van der Waals surface area contributed by atoms with Gasteiger partial charge in [-0.2, -0.15) is 0 Å². The maximum Gasteiger partial charge on any atom is 0.278 e. The summed E-state index contributed by atoms with van der Waals surface area (Å²) in [6.07, 6.45) is 2.41. The number of amides is 2. The summed E-state index contributed by atoms with van der Waals surface area (Å²) < 4.78 is 5.37. The lowest BCUT2D eigenvalue weighted by Gasteiger charge is -2.31. The van der Waals surface area contributed by atoms with Gasteiger partial charge in [0.2, 0.25) is 0 Å². The van der Waals surface area contributed by atoms with Gasteiger partial charge in [-0.3, -0.25) is 14.5 Å². The zero-order chi connectivity index (χ0) is 19.1. The average Bonchev–Trinajstić information content (AvgIpc) is 3.46. The molecule has 0 atom stereocenters. The first-order valence-corrected chi connectivity index (χ1v) is 10.1. The molecular weight excluding hydrogens is 372 g/mol. The minimum atomic E-state index is -0.252. The van der Waals surface area contributed by atoms with Gasteiger partial charge in [0.05, 0.1) is 18.4 Å². The summed E-state index contributed by atoms with van der Waals surface area (Å²) in [7, 11) is 0. The number of hydrogen-bond acceptors (Lipinski definition) is 5. The van der Waals surface area contributed by atoms with Gasteiger partial charge in [-0.15, -0.1) is 11.3 Å². The highest BCUT2D eigenvalue weighted by atomic mass is 32.1. The molecule has 140 valence electrons. The number of benzene rings is 1. The number of rotatable bonds is 4. The summed E-state index contributed by atoms with van der Waals surface area (Å²) in [6, 6.07) is 15.6. The molecule has 0 saturated heterocycles. The monoisotopic (exact) mass is 390 g/mol. The number of carbonyl (C=O) groups is 2. The number of nitrogens with zero attached hydrogens (tertiary/aromatic N) is 2. The quantitative estimate of drug-likeness (QED) is 0.638. The van der Waals surface area contributed by atoms with E-state index in [4.69, 9.17) is 4.42 Å². The van der Waals surface area contributed by atoms with E-state index in [9.17, 15) is 9.59 Å². The largest absolute Gasteiger partial charge is 0.467 e. The molecule has 28 heavy (non-hydrogen) atoms. The van der Waals surface area contributed by atoms with Crippen molar-refractivity contribution < 1.29 is 14.0 Å². The summed E-state index contributed by atoms with van der Waals surface area (Å²) in [6.45, 7) is 1.50. The molecule has 6 heteroatoms. The van der Waals surface area contributed by atoms with Gasteiger partial charge in [0.1, 0.15) is 11.5 Å². The molecule has 0 saturated carbocycles. The Labute approximate surface area is 166 Å². The molecule has 5 rings (SSSR count). The molecule has 0 radical (unpaired) electrons. The number of thiophene rings is 1. The Morgan fingerprint density at radius 3 is 2.57 bits per heavy atom. The fourth-order valence-corrected chi connectivity index (χ4v) is 4.65. The lowest BCUT2D eigenvalue weighted by atomic mass is 9.99.